The van der Waals surface area contributed by atoms with Gasteiger partial charge in [-0.2, -0.15) is 0 Å². The second-order valence-corrected chi connectivity index (χ2v) is 6.74. The van der Waals surface area contributed by atoms with Gasteiger partial charge in [-0.1, -0.05) is 45.0 Å². The van der Waals surface area contributed by atoms with E-state index in [9.17, 15) is 4.79 Å². The number of hydrogen-bond donors (Lipinski definition) is 1. The minimum atomic E-state index is 0.175. The van der Waals surface area contributed by atoms with Gasteiger partial charge in [0.15, 0.2) is 5.78 Å². The number of benzene rings is 1. The lowest BCUT2D eigenvalue weighted by atomic mass is 9.86. The molecule has 0 atom stereocenters. The van der Waals surface area contributed by atoms with Crippen LogP contribution >= 0.6 is 0 Å². The number of Topliss-reactive ketones (excluding diaryl/α,β-unsaturated/α-hetero) is 1. The van der Waals surface area contributed by atoms with E-state index in [1.165, 1.54) is 18.4 Å². The molecule has 1 aromatic carbocycles. The Hall–Kier alpha value is -1.15. The Morgan fingerprint density at radius 2 is 1.84 bits per heavy atom. The van der Waals surface area contributed by atoms with E-state index in [1.54, 1.807) is 0 Å². The molecular formula is C17H25NO. The molecule has 1 fully saturated rings. The molecule has 0 aromatic heterocycles. The van der Waals surface area contributed by atoms with Crippen LogP contribution in [0.5, 0.6) is 0 Å². The van der Waals surface area contributed by atoms with Gasteiger partial charge in [-0.3, -0.25) is 4.79 Å². The Morgan fingerprint density at radius 1 is 1.21 bits per heavy atom. The molecule has 1 saturated carbocycles. The number of ketones is 1. The van der Waals surface area contributed by atoms with Gasteiger partial charge in [0.05, 0.1) is 6.54 Å². The molecule has 104 valence electrons. The molecular weight excluding hydrogens is 234 g/mol. The van der Waals surface area contributed by atoms with Crippen LogP contribution in [0.1, 0.15) is 44.7 Å². The van der Waals surface area contributed by atoms with Crippen molar-refractivity contribution < 1.29 is 4.79 Å². The van der Waals surface area contributed by atoms with Crippen LogP contribution in [0.3, 0.4) is 0 Å². The molecule has 2 nitrogen and oxygen atoms in total. The summed E-state index contributed by atoms with van der Waals surface area (Å²) in [6.45, 7) is 8.13. The third-order valence-corrected chi connectivity index (χ3v) is 3.67. The first-order valence-electron chi connectivity index (χ1n) is 7.27. The van der Waals surface area contributed by atoms with Gasteiger partial charge in [0.25, 0.3) is 0 Å². The van der Waals surface area contributed by atoms with Crippen LogP contribution in [-0.2, 0) is 16.6 Å². The molecule has 0 heterocycles. The van der Waals surface area contributed by atoms with Gasteiger partial charge in [0.2, 0.25) is 0 Å². The second kappa shape index (κ2) is 5.87. The van der Waals surface area contributed by atoms with Crippen LogP contribution in [-0.4, -0.2) is 18.9 Å². The molecule has 0 saturated heterocycles. The minimum absolute atomic E-state index is 0.175. The first-order valence-corrected chi connectivity index (χ1v) is 7.27. The van der Waals surface area contributed by atoms with Crippen molar-refractivity contribution in [2.24, 2.45) is 5.92 Å². The van der Waals surface area contributed by atoms with Crippen molar-refractivity contribution in [2.45, 2.75) is 45.4 Å². The summed E-state index contributed by atoms with van der Waals surface area (Å²) in [4.78, 5) is 11.8. The van der Waals surface area contributed by atoms with E-state index in [2.05, 4.69) is 50.4 Å². The molecule has 1 N–H and O–H groups in total. The first kappa shape index (κ1) is 14.3. The molecule has 0 unspecified atom stereocenters. The molecule has 0 radical (unpaired) electrons. The zero-order valence-electron chi connectivity index (χ0n) is 12.3. The molecule has 0 bridgehead atoms. The van der Waals surface area contributed by atoms with Crippen LogP contribution in [0.2, 0.25) is 0 Å². The Labute approximate surface area is 116 Å². The second-order valence-electron chi connectivity index (χ2n) is 6.74. The van der Waals surface area contributed by atoms with Crippen molar-refractivity contribution in [2.75, 3.05) is 13.1 Å². The predicted molar refractivity (Wildman–Crippen MR) is 79.4 cm³/mol. The summed E-state index contributed by atoms with van der Waals surface area (Å²) in [6.07, 6.45) is 3.20. The summed E-state index contributed by atoms with van der Waals surface area (Å²) in [5, 5.41) is 3.25. The SMILES string of the molecule is CC(C)(C)c1ccc(CC(=O)CNCC2CC2)cc1. The van der Waals surface area contributed by atoms with Crippen LogP contribution in [0, 0.1) is 5.92 Å². The standard InChI is InChI=1S/C17H25NO/c1-17(2,3)15-8-6-13(7-9-15)10-16(19)12-18-11-14-4-5-14/h6-9,14,18H,4-5,10-12H2,1-3H3. The topological polar surface area (TPSA) is 29.1 Å². The van der Waals surface area contributed by atoms with E-state index in [0.717, 1.165) is 18.0 Å². The fraction of sp³-hybridized carbons (Fsp3) is 0.588. The highest BCUT2D eigenvalue weighted by atomic mass is 16.1. The summed E-state index contributed by atoms with van der Waals surface area (Å²) in [5.41, 5.74) is 2.61. The van der Waals surface area contributed by atoms with Gasteiger partial charge in [-0.05, 0) is 41.8 Å². The highest BCUT2D eigenvalue weighted by molar-refractivity contribution is 5.82. The minimum Gasteiger partial charge on any atom is -0.310 e. The van der Waals surface area contributed by atoms with E-state index < -0.39 is 0 Å². The van der Waals surface area contributed by atoms with Crippen molar-refractivity contribution in [1.82, 2.24) is 5.32 Å². The fourth-order valence-electron chi connectivity index (χ4n) is 2.15. The van der Waals surface area contributed by atoms with Crippen LogP contribution < -0.4 is 5.32 Å². The largest absolute Gasteiger partial charge is 0.310 e. The number of hydrogen-bond acceptors (Lipinski definition) is 2. The van der Waals surface area contributed by atoms with Crippen LogP contribution in [0.25, 0.3) is 0 Å². The lowest BCUT2D eigenvalue weighted by Gasteiger charge is -2.19. The van der Waals surface area contributed by atoms with Crippen molar-refractivity contribution in [3.05, 3.63) is 35.4 Å². The smallest absolute Gasteiger partial charge is 0.150 e. The van der Waals surface area contributed by atoms with Crippen LogP contribution in [0.15, 0.2) is 24.3 Å². The Bertz CT molecular complexity index is 424. The molecule has 2 heteroatoms. The zero-order valence-corrected chi connectivity index (χ0v) is 12.3. The van der Waals surface area contributed by atoms with Gasteiger partial charge >= 0.3 is 0 Å². The Morgan fingerprint density at radius 3 is 2.37 bits per heavy atom. The highest BCUT2D eigenvalue weighted by Gasteiger charge is 2.20. The molecule has 0 aliphatic heterocycles. The summed E-state index contributed by atoms with van der Waals surface area (Å²) < 4.78 is 0. The third-order valence-electron chi connectivity index (χ3n) is 3.67. The van der Waals surface area contributed by atoms with Crippen LogP contribution in [0.4, 0.5) is 0 Å². The van der Waals surface area contributed by atoms with E-state index >= 15 is 0 Å². The number of nitrogens with one attached hydrogen (secondary N) is 1. The summed E-state index contributed by atoms with van der Waals surface area (Å²) in [6, 6.07) is 8.44. The molecule has 19 heavy (non-hydrogen) atoms. The quantitative estimate of drug-likeness (QED) is 0.850. The first-order chi connectivity index (χ1) is 8.95. The van der Waals surface area contributed by atoms with E-state index in [4.69, 9.17) is 0 Å². The Kier molecular flexibility index (Phi) is 4.41. The summed E-state index contributed by atoms with van der Waals surface area (Å²) in [7, 11) is 0. The van der Waals surface area contributed by atoms with Gasteiger partial charge < -0.3 is 5.32 Å². The van der Waals surface area contributed by atoms with Gasteiger partial charge in [-0.25, -0.2) is 0 Å². The lowest BCUT2D eigenvalue weighted by Crippen LogP contribution is -2.26. The maximum atomic E-state index is 11.8. The molecule has 1 aliphatic carbocycles. The predicted octanol–water partition coefficient (Wildman–Crippen LogP) is 3.10. The average molecular weight is 259 g/mol. The van der Waals surface area contributed by atoms with E-state index in [0.29, 0.717) is 13.0 Å². The maximum Gasteiger partial charge on any atom is 0.150 e. The zero-order chi connectivity index (χ0) is 13.9. The fourth-order valence-corrected chi connectivity index (χ4v) is 2.15. The Balaban J connectivity index is 1.79. The average Bonchev–Trinajstić information content (AvgIpc) is 3.12. The molecule has 0 spiro atoms. The lowest BCUT2D eigenvalue weighted by molar-refractivity contribution is -0.117. The number of carbonyl (C=O) groups excluding carboxylic acids is 1. The molecule has 1 aliphatic rings. The molecule has 1 aromatic rings. The van der Waals surface area contributed by atoms with E-state index in [-0.39, 0.29) is 11.2 Å². The molecule has 0 amide bonds. The van der Waals surface area contributed by atoms with Gasteiger partial charge in [0.1, 0.15) is 0 Å². The van der Waals surface area contributed by atoms with E-state index in [1.807, 2.05) is 0 Å². The number of rotatable bonds is 6. The maximum absolute atomic E-state index is 11.8. The third kappa shape index (κ3) is 4.79. The van der Waals surface area contributed by atoms with Crippen molar-refractivity contribution in [1.29, 1.82) is 0 Å². The monoisotopic (exact) mass is 259 g/mol. The number of carbonyl (C=O) groups is 1. The van der Waals surface area contributed by atoms with Crippen molar-refractivity contribution in [3.8, 4) is 0 Å². The van der Waals surface area contributed by atoms with Gasteiger partial charge in [0, 0.05) is 6.42 Å². The summed E-state index contributed by atoms with van der Waals surface area (Å²) >= 11 is 0. The summed E-state index contributed by atoms with van der Waals surface area (Å²) in [5.74, 6) is 1.11. The normalized spacial score (nSPS) is 15.5. The van der Waals surface area contributed by atoms with Crippen molar-refractivity contribution >= 4 is 5.78 Å². The molecule has 2 rings (SSSR count). The van der Waals surface area contributed by atoms with Crippen molar-refractivity contribution in [3.63, 3.8) is 0 Å². The highest BCUT2D eigenvalue weighted by Crippen LogP contribution is 2.27. The van der Waals surface area contributed by atoms with Gasteiger partial charge in [-0.15, -0.1) is 0 Å².